The van der Waals surface area contributed by atoms with Crippen molar-refractivity contribution in [3.63, 3.8) is 0 Å². The number of thiazole rings is 1. The van der Waals surface area contributed by atoms with Crippen LogP contribution in [0.25, 0.3) is 10.2 Å². The first kappa shape index (κ1) is 17.2. The summed E-state index contributed by atoms with van der Waals surface area (Å²) in [7, 11) is 0. The Labute approximate surface area is 156 Å². The Bertz CT molecular complexity index is 878. The fourth-order valence-corrected chi connectivity index (χ4v) is 4.17. The van der Waals surface area contributed by atoms with Gasteiger partial charge in [-0.25, -0.2) is 10.4 Å². The molecule has 0 saturated carbocycles. The van der Waals surface area contributed by atoms with Gasteiger partial charge in [-0.1, -0.05) is 53.2 Å². The molecule has 3 aromatic rings. The third kappa shape index (κ3) is 4.48. The molecule has 0 fully saturated rings. The van der Waals surface area contributed by atoms with Gasteiger partial charge in [-0.15, -0.1) is 11.3 Å². The third-order valence-electron chi connectivity index (χ3n) is 2.96. The highest BCUT2D eigenvalue weighted by Gasteiger charge is 2.07. The SMILES string of the molecule is O=C(CSc1nc2ccccc2s1)N/N=C/c1ccc(Cl)cc1Cl. The van der Waals surface area contributed by atoms with E-state index in [9.17, 15) is 4.79 Å². The fourth-order valence-electron chi connectivity index (χ4n) is 1.85. The van der Waals surface area contributed by atoms with Crippen LogP contribution in [0, 0.1) is 0 Å². The van der Waals surface area contributed by atoms with Gasteiger partial charge in [-0.05, 0) is 24.3 Å². The van der Waals surface area contributed by atoms with Gasteiger partial charge < -0.3 is 0 Å². The first-order valence-electron chi connectivity index (χ1n) is 6.87. The summed E-state index contributed by atoms with van der Waals surface area (Å²) in [5.41, 5.74) is 4.10. The lowest BCUT2D eigenvalue weighted by atomic mass is 10.2. The molecular weight excluding hydrogens is 385 g/mol. The minimum absolute atomic E-state index is 0.208. The Morgan fingerprint density at radius 2 is 2.12 bits per heavy atom. The number of fused-ring (bicyclic) bond motifs is 1. The van der Waals surface area contributed by atoms with E-state index in [0.29, 0.717) is 15.6 Å². The number of halogens is 2. The highest BCUT2D eigenvalue weighted by Crippen LogP contribution is 2.29. The van der Waals surface area contributed by atoms with Crippen molar-refractivity contribution in [1.82, 2.24) is 10.4 Å². The molecule has 0 aliphatic carbocycles. The number of hydrogen-bond donors (Lipinski definition) is 1. The first-order chi connectivity index (χ1) is 11.6. The minimum atomic E-state index is -0.208. The van der Waals surface area contributed by atoms with Crippen molar-refractivity contribution in [3.8, 4) is 0 Å². The molecule has 8 heteroatoms. The van der Waals surface area contributed by atoms with Crippen LogP contribution in [0.2, 0.25) is 10.0 Å². The number of aromatic nitrogens is 1. The Morgan fingerprint density at radius 3 is 2.92 bits per heavy atom. The van der Waals surface area contributed by atoms with Crippen LogP contribution in [-0.2, 0) is 4.79 Å². The van der Waals surface area contributed by atoms with Gasteiger partial charge in [0.15, 0.2) is 4.34 Å². The van der Waals surface area contributed by atoms with E-state index < -0.39 is 0 Å². The second-order valence-corrected chi connectivity index (χ2v) is 7.79. The molecule has 1 heterocycles. The zero-order valence-electron chi connectivity index (χ0n) is 12.2. The van der Waals surface area contributed by atoms with E-state index in [1.54, 1.807) is 29.5 Å². The smallest absolute Gasteiger partial charge is 0.250 e. The number of amides is 1. The maximum Gasteiger partial charge on any atom is 0.250 e. The standard InChI is InChI=1S/C16H11Cl2N3OS2/c17-11-6-5-10(12(18)7-11)8-19-21-15(22)9-23-16-20-13-3-1-2-4-14(13)24-16/h1-8H,9H2,(H,21,22)/b19-8+. The number of benzene rings is 2. The maximum atomic E-state index is 11.8. The number of rotatable bonds is 5. The molecule has 3 rings (SSSR count). The van der Waals surface area contributed by atoms with Gasteiger partial charge in [0.05, 0.1) is 27.2 Å². The van der Waals surface area contributed by atoms with Gasteiger partial charge in [0, 0.05) is 10.6 Å². The Balaban J connectivity index is 1.53. The molecule has 1 aromatic heterocycles. The summed E-state index contributed by atoms with van der Waals surface area (Å²) in [6.45, 7) is 0. The molecular formula is C16H11Cl2N3OS2. The van der Waals surface area contributed by atoms with Gasteiger partial charge in [0.25, 0.3) is 5.91 Å². The average molecular weight is 396 g/mol. The average Bonchev–Trinajstić information content (AvgIpc) is 2.98. The monoisotopic (exact) mass is 395 g/mol. The summed E-state index contributed by atoms with van der Waals surface area (Å²) in [5.74, 6) is 0.0338. The van der Waals surface area contributed by atoms with Crippen molar-refractivity contribution in [2.45, 2.75) is 4.34 Å². The summed E-state index contributed by atoms with van der Waals surface area (Å²) in [5, 5.41) is 4.93. The predicted molar refractivity (Wildman–Crippen MR) is 103 cm³/mol. The maximum absolute atomic E-state index is 11.8. The number of carbonyl (C=O) groups is 1. The molecule has 0 aliphatic rings. The Hall–Kier alpha value is -1.60. The molecule has 4 nitrogen and oxygen atoms in total. The van der Waals surface area contributed by atoms with Gasteiger partial charge in [0.2, 0.25) is 0 Å². The molecule has 2 aromatic carbocycles. The van der Waals surface area contributed by atoms with Gasteiger partial charge in [0.1, 0.15) is 0 Å². The van der Waals surface area contributed by atoms with Crippen LogP contribution >= 0.6 is 46.3 Å². The topological polar surface area (TPSA) is 54.4 Å². The van der Waals surface area contributed by atoms with Crippen LogP contribution in [0.1, 0.15) is 5.56 Å². The second-order valence-electron chi connectivity index (χ2n) is 4.70. The highest BCUT2D eigenvalue weighted by molar-refractivity contribution is 8.01. The number of thioether (sulfide) groups is 1. The van der Waals surface area contributed by atoms with Crippen LogP contribution in [0.3, 0.4) is 0 Å². The number of carbonyl (C=O) groups excluding carboxylic acids is 1. The van der Waals surface area contributed by atoms with Crippen LogP contribution in [0.4, 0.5) is 0 Å². The first-order valence-corrected chi connectivity index (χ1v) is 9.43. The lowest BCUT2D eigenvalue weighted by Gasteiger charge is -1.99. The van der Waals surface area contributed by atoms with Crippen molar-refractivity contribution >= 4 is 68.6 Å². The van der Waals surface area contributed by atoms with Gasteiger partial charge in [-0.2, -0.15) is 5.10 Å². The summed E-state index contributed by atoms with van der Waals surface area (Å²) < 4.78 is 1.96. The number of para-hydroxylation sites is 1. The van der Waals surface area contributed by atoms with Crippen LogP contribution in [-0.4, -0.2) is 22.9 Å². The van der Waals surface area contributed by atoms with Crippen LogP contribution < -0.4 is 5.43 Å². The summed E-state index contributed by atoms with van der Waals surface area (Å²) >= 11 is 14.8. The zero-order valence-corrected chi connectivity index (χ0v) is 15.3. The van der Waals surface area contributed by atoms with E-state index in [-0.39, 0.29) is 11.7 Å². The summed E-state index contributed by atoms with van der Waals surface area (Å²) in [6.07, 6.45) is 1.49. The molecule has 0 saturated heterocycles. The minimum Gasteiger partial charge on any atom is -0.272 e. The Morgan fingerprint density at radius 1 is 1.29 bits per heavy atom. The van der Waals surface area contributed by atoms with Crippen molar-refractivity contribution in [1.29, 1.82) is 0 Å². The van der Waals surface area contributed by atoms with Crippen molar-refractivity contribution < 1.29 is 4.79 Å². The molecule has 0 aliphatic heterocycles. The van der Waals surface area contributed by atoms with Gasteiger partial charge in [-0.3, -0.25) is 4.79 Å². The van der Waals surface area contributed by atoms with Crippen molar-refractivity contribution in [2.75, 3.05) is 5.75 Å². The van der Waals surface area contributed by atoms with E-state index >= 15 is 0 Å². The molecule has 0 radical (unpaired) electrons. The van der Waals surface area contributed by atoms with Gasteiger partial charge >= 0.3 is 0 Å². The number of hydrazone groups is 1. The molecule has 122 valence electrons. The zero-order chi connectivity index (χ0) is 16.9. The van der Waals surface area contributed by atoms with E-state index in [0.717, 1.165) is 14.6 Å². The summed E-state index contributed by atoms with van der Waals surface area (Å²) in [6, 6.07) is 12.9. The van der Waals surface area contributed by atoms with E-state index in [2.05, 4.69) is 15.5 Å². The van der Waals surface area contributed by atoms with Crippen molar-refractivity contribution in [3.05, 3.63) is 58.1 Å². The number of nitrogens with zero attached hydrogens (tertiary/aromatic N) is 2. The fraction of sp³-hybridized carbons (Fsp3) is 0.0625. The molecule has 0 unspecified atom stereocenters. The largest absolute Gasteiger partial charge is 0.272 e. The van der Waals surface area contributed by atoms with E-state index in [1.807, 2.05) is 24.3 Å². The molecule has 24 heavy (non-hydrogen) atoms. The molecule has 1 N–H and O–H groups in total. The number of hydrogen-bond acceptors (Lipinski definition) is 5. The third-order valence-corrected chi connectivity index (χ3v) is 5.70. The lowest BCUT2D eigenvalue weighted by molar-refractivity contribution is -0.118. The molecule has 0 atom stereocenters. The predicted octanol–water partition coefficient (Wildman–Crippen LogP) is 4.85. The van der Waals surface area contributed by atoms with Crippen LogP contribution in [0.5, 0.6) is 0 Å². The normalized spacial score (nSPS) is 11.2. The number of nitrogens with one attached hydrogen (secondary N) is 1. The van der Waals surface area contributed by atoms with Crippen molar-refractivity contribution in [2.24, 2.45) is 5.10 Å². The molecule has 0 bridgehead atoms. The lowest BCUT2D eigenvalue weighted by Crippen LogP contribution is -2.19. The van der Waals surface area contributed by atoms with E-state index in [4.69, 9.17) is 23.2 Å². The van der Waals surface area contributed by atoms with Crippen LogP contribution in [0.15, 0.2) is 51.9 Å². The Kier molecular flexibility index (Phi) is 5.73. The second kappa shape index (κ2) is 7.98. The van der Waals surface area contributed by atoms with E-state index in [1.165, 1.54) is 18.0 Å². The molecule has 0 spiro atoms. The highest BCUT2D eigenvalue weighted by atomic mass is 35.5. The summed E-state index contributed by atoms with van der Waals surface area (Å²) in [4.78, 5) is 16.3. The quantitative estimate of drug-likeness (QED) is 0.381. The molecule has 1 amide bonds.